The topological polar surface area (TPSA) is 53.7 Å². The quantitative estimate of drug-likeness (QED) is 0.244. The first-order valence-electron chi connectivity index (χ1n) is 3.53. The molecule has 0 aromatic carbocycles. The van der Waals surface area contributed by atoms with E-state index in [0.29, 0.717) is 13.2 Å². The Hall–Kier alpha value is 0.0569. The van der Waals surface area contributed by atoms with Crippen LogP contribution in [-0.4, -0.2) is 22.9 Å². The molecule has 0 spiro atoms. The molecule has 0 aromatic heterocycles. The van der Waals surface area contributed by atoms with Crippen LogP contribution in [0.4, 0.5) is 0 Å². The molecule has 0 atom stereocenters. The van der Waals surface area contributed by atoms with Crippen molar-refractivity contribution in [3.05, 3.63) is 0 Å². The van der Waals surface area contributed by atoms with E-state index in [1.165, 1.54) is 0 Å². The summed E-state index contributed by atoms with van der Waals surface area (Å²) in [6.07, 6.45) is 0.926. The highest BCUT2D eigenvalue weighted by atomic mass is 28.2. The lowest BCUT2D eigenvalue weighted by Crippen LogP contribution is -2.08. The maximum absolute atomic E-state index is 5.33. The summed E-state index contributed by atoms with van der Waals surface area (Å²) in [7, 11) is -0.386. The third-order valence-corrected chi connectivity index (χ3v) is 1.51. The minimum absolute atomic E-state index is 0.386. The van der Waals surface area contributed by atoms with Crippen LogP contribution < -0.4 is 5.40 Å². The van der Waals surface area contributed by atoms with Gasteiger partial charge in [0.25, 0.3) is 0 Å². The van der Waals surface area contributed by atoms with Gasteiger partial charge in [0.05, 0.1) is 22.9 Å². The molecular formula is C5H15NO3Si. The molecule has 0 rings (SSSR count). The van der Waals surface area contributed by atoms with Gasteiger partial charge in [0.1, 0.15) is 0 Å². The van der Waals surface area contributed by atoms with Crippen molar-refractivity contribution in [3.63, 3.8) is 0 Å². The summed E-state index contributed by atoms with van der Waals surface area (Å²) in [5.41, 5.74) is 0. The van der Waals surface area contributed by atoms with Gasteiger partial charge < -0.3 is 5.40 Å². The molecule has 0 fully saturated rings. The van der Waals surface area contributed by atoms with Crippen molar-refractivity contribution in [1.29, 1.82) is 0 Å². The first-order valence-corrected chi connectivity index (χ1v) is 5.34. The van der Waals surface area contributed by atoms with Gasteiger partial charge in [0.15, 0.2) is 0 Å². The second kappa shape index (κ2) is 9.06. The molecule has 0 aliphatic carbocycles. The van der Waals surface area contributed by atoms with E-state index in [2.05, 4.69) is 14.8 Å². The average molecular weight is 165 g/mol. The maximum atomic E-state index is 5.33. The van der Waals surface area contributed by atoms with Gasteiger partial charge in [0.2, 0.25) is 0 Å². The van der Waals surface area contributed by atoms with Crippen molar-refractivity contribution in [1.82, 2.24) is 0 Å². The first-order chi connectivity index (χ1) is 4.91. The van der Waals surface area contributed by atoms with E-state index in [1.807, 2.05) is 6.92 Å². The number of nitrogens with two attached hydrogens (primary N) is 1. The fraction of sp³-hybridized carbons (Fsp3) is 1.00. The highest BCUT2D eigenvalue weighted by Gasteiger charge is 1.87. The Balaban J connectivity index is 2.65. The summed E-state index contributed by atoms with van der Waals surface area (Å²) in [5, 5.41) is 9.67. The predicted molar refractivity (Wildman–Crippen MR) is 40.8 cm³/mol. The Kier molecular flexibility index (Phi) is 9.11. The molecule has 0 radical (unpaired) electrons. The molecule has 0 aromatic rings. The Morgan fingerprint density at radius 1 is 1.30 bits per heavy atom. The minimum Gasteiger partial charge on any atom is -0.355 e. The predicted octanol–water partition coefficient (Wildman–Crippen LogP) is -0.263. The lowest BCUT2D eigenvalue weighted by Gasteiger charge is -1.99. The Bertz CT molecular complexity index is 56.9. The van der Waals surface area contributed by atoms with Crippen LogP contribution >= 0.6 is 0 Å². The van der Waals surface area contributed by atoms with Crippen molar-refractivity contribution in [3.8, 4) is 0 Å². The molecule has 2 N–H and O–H groups in total. The molecule has 0 saturated heterocycles. The molecular weight excluding hydrogens is 150 g/mol. The Labute approximate surface area is 63.4 Å². The van der Waals surface area contributed by atoms with E-state index in [0.717, 1.165) is 12.5 Å². The zero-order chi connectivity index (χ0) is 7.66. The van der Waals surface area contributed by atoms with Gasteiger partial charge in [-0.05, 0) is 12.5 Å². The summed E-state index contributed by atoms with van der Waals surface area (Å²) >= 11 is 0. The second-order valence-corrected chi connectivity index (χ2v) is 3.14. The summed E-state index contributed by atoms with van der Waals surface area (Å²) < 4.78 is 0. The zero-order valence-electron chi connectivity index (χ0n) is 6.34. The lowest BCUT2D eigenvalue weighted by molar-refractivity contribution is -0.511. The van der Waals surface area contributed by atoms with Crippen LogP contribution in [-0.2, 0) is 14.8 Å². The molecule has 0 saturated carbocycles. The molecule has 0 unspecified atom stereocenters. The largest absolute Gasteiger partial charge is 0.355 e. The van der Waals surface area contributed by atoms with Crippen molar-refractivity contribution >= 4 is 9.68 Å². The van der Waals surface area contributed by atoms with Crippen molar-refractivity contribution in [2.24, 2.45) is 5.40 Å². The Morgan fingerprint density at radius 3 is 2.60 bits per heavy atom. The number of hydrogen-bond acceptors (Lipinski definition) is 4. The molecule has 62 valence electrons. The highest BCUT2D eigenvalue weighted by molar-refractivity contribution is 6.30. The molecule has 4 nitrogen and oxygen atoms in total. The van der Waals surface area contributed by atoms with Crippen LogP contribution in [0.25, 0.3) is 0 Å². The van der Waals surface area contributed by atoms with Crippen molar-refractivity contribution < 1.29 is 14.8 Å². The van der Waals surface area contributed by atoms with Gasteiger partial charge in [-0.1, -0.05) is 12.0 Å². The second-order valence-electron chi connectivity index (χ2n) is 1.85. The monoisotopic (exact) mass is 165 g/mol. The first kappa shape index (κ1) is 10.1. The smallest absolute Gasteiger partial charge is 0.0912 e. The van der Waals surface area contributed by atoms with E-state index < -0.39 is 0 Å². The van der Waals surface area contributed by atoms with Gasteiger partial charge in [-0.2, -0.15) is 0 Å². The highest BCUT2D eigenvalue weighted by Crippen LogP contribution is 1.85. The summed E-state index contributed by atoms with van der Waals surface area (Å²) in [6, 6.07) is 0.926. The third-order valence-electron chi connectivity index (χ3n) is 0.815. The van der Waals surface area contributed by atoms with Crippen molar-refractivity contribution in [2.45, 2.75) is 19.4 Å². The van der Waals surface area contributed by atoms with Gasteiger partial charge in [-0.3, -0.25) is 0 Å². The van der Waals surface area contributed by atoms with Crippen molar-refractivity contribution in [2.75, 3.05) is 13.2 Å². The van der Waals surface area contributed by atoms with Crippen LogP contribution in [0.15, 0.2) is 0 Å². The molecule has 0 bridgehead atoms. The summed E-state index contributed by atoms with van der Waals surface area (Å²) in [6.45, 7) is 3.11. The minimum atomic E-state index is -0.386. The zero-order valence-corrected chi connectivity index (χ0v) is 7.75. The molecule has 5 heteroatoms. The van der Waals surface area contributed by atoms with Gasteiger partial charge in [-0.25, -0.2) is 9.78 Å². The van der Waals surface area contributed by atoms with Crippen LogP contribution in [0.5, 0.6) is 0 Å². The third kappa shape index (κ3) is 8.06. The SMILES string of the molecule is CCCOOOCC[SiH2]N. The van der Waals surface area contributed by atoms with Gasteiger partial charge in [0, 0.05) is 0 Å². The number of rotatable bonds is 7. The summed E-state index contributed by atoms with van der Waals surface area (Å²) in [5.74, 6) is 0. The normalized spacial score (nSPS) is 11.4. The van der Waals surface area contributed by atoms with Crippen LogP contribution in [0.2, 0.25) is 6.04 Å². The van der Waals surface area contributed by atoms with Crippen LogP contribution in [0.3, 0.4) is 0 Å². The molecule has 10 heavy (non-hydrogen) atoms. The summed E-state index contributed by atoms with van der Waals surface area (Å²) in [4.78, 5) is 9.19. The van der Waals surface area contributed by atoms with E-state index in [9.17, 15) is 0 Å². The fourth-order valence-electron chi connectivity index (χ4n) is 0.328. The standard InChI is InChI=1S/C5H15NO3Si/c1-2-3-7-9-8-4-5-10-6/h2-6,10H2,1H3. The molecule has 0 aliphatic heterocycles. The van der Waals surface area contributed by atoms with E-state index in [4.69, 9.17) is 5.40 Å². The fourth-order valence-corrected chi connectivity index (χ4v) is 0.612. The van der Waals surface area contributed by atoms with Gasteiger partial charge >= 0.3 is 0 Å². The Morgan fingerprint density at radius 2 is 2.00 bits per heavy atom. The van der Waals surface area contributed by atoms with E-state index in [1.54, 1.807) is 0 Å². The number of hydrogen-bond donors (Lipinski definition) is 1. The van der Waals surface area contributed by atoms with Crippen LogP contribution in [0, 0.1) is 0 Å². The molecule has 0 heterocycles. The van der Waals surface area contributed by atoms with Crippen LogP contribution in [0.1, 0.15) is 13.3 Å². The molecule has 0 aliphatic rings. The van der Waals surface area contributed by atoms with E-state index >= 15 is 0 Å². The van der Waals surface area contributed by atoms with E-state index in [-0.39, 0.29) is 9.68 Å². The molecule has 0 amide bonds. The average Bonchev–Trinajstić information content (AvgIpc) is 1.97. The van der Waals surface area contributed by atoms with Gasteiger partial charge in [-0.15, -0.1) is 0 Å². The maximum Gasteiger partial charge on any atom is 0.0912 e. The lowest BCUT2D eigenvalue weighted by atomic mass is 10.5.